The normalized spacial score (nSPS) is 24.1. The second kappa shape index (κ2) is 7.58. The Bertz CT molecular complexity index is 371. The molecule has 0 aromatic rings. The van der Waals surface area contributed by atoms with Gasteiger partial charge in [-0.3, -0.25) is 9.69 Å². The number of aliphatic carboxylic acids is 1. The lowest BCUT2D eigenvalue weighted by molar-refractivity contribution is -0.137. The number of ether oxygens (including phenoxy) is 1. The van der Waals surface area contributed by atoms with Gasteiger partial charge in [0.25, 0.3) is 0 Å². The van der Waals surface area contributed by atoms with Crippen LogP contribution in [0.15, 0.2) is 0 Å². The molecule has 2 saturated heterocycles. The van der Waals surface area contributed by atoms with E-state index >= 15 is 0 Å². The van der Waals surface area contributed by atoms with Crippen LogP contribution in [0.25, 0.3) is 0 Å². The number of hydrogen-bond donors (Lipinski definition) is 2. The van der Waals surface area contributed by atoms with Crippen molar-refractivity contribution in [2.75, 3.05) is 59.0 Å². The third kappa shape index (κ3) is 4.55. The van der Waals surface area contributed by atoms with Crippen molar-refractivity contribution in [3.8, 4) is 0 Å². The summed E-state index contributed by atoms with van der Waals surface area (Å²) in [6.45, 7) is 4.51. The topological polar surface area (TPSA) is 93.6 Å². The van der Waals surface area contributed by atoms with Gasteiger partial charge in [-0.25, -0.2) is 4.79 Å². The first-order valence-electron chi connectivity index (χ1n) is 7.30. The van der Waals surface area contributed by atoms with Gasteiger partial charge in [0.05, 0.1) is 32.3 Å². The van der Waals surface area contributed by atoms with E-state index in [0.717, 1.165) is 0 Å². The van der Waals surface area contributed by atoms with E-state index in [1.807, 2.05) is 0 Å². The van der Waals surface area contributed by atoms with Crippen molar-refractivity contribution in [1.29, 1.82) is 0 Å². The van der Waals surface area contributed by atoms with E-state index in [-0.39, 0.29) is 25.2 Å². The van der Waals surface area contributed by atoms with Crippen LogP contribution in [0.1, 0.15) is 6.42 Å². The summed E-state index contributed by atoms with van der Waals surface area (Å²) in [5, 5.41) is 17.8. The smallest absolute Gasteiger partial charge is 0.320 e. The highest BCUT2D eigenvalue weighted by atomic mass is 16.5. The van der Waals surface area contributed by atoms with Gasteiger partial charge >= 0.3 is 12.0 Å². The average molecular weight is 301 g/mol. The van der Waals surface area contributed by atoms with Gasteiger partial charge in [-0.1, -0.05) is 0 Å². The van der Waals surface area contributed by atoms with Crippen LogP contribution in [-0.2, 0) is 9.53 Å². The van der Waals surface area contributed by atoms with Crippen LogP contribution in [0, 0.1) is 0 Å². The van der Waals surface area contributed by atoms with Gasteiger partial charge in [-0.15, -0.1) is 0 Å². The SMILES string of the molecule is O=C(O)CCN1CCN(C(=O)N2CCOC(CO)C2)CC1. The van der Waals surface area contributed by atoms with Gasteiger partial charge in [-0.05, 0) is 0 Å². The zero-order valence-electron chi connectivity index (χ0n) is 12.1. The maximum absolute atomic E-state index is 12.4. The van der Waals surface area contributed by atoms with Crippen molar-refractivity contribution < 1.29 is 24.5 Å². The lowest BCUT2D eigenvalue weighted by Gasteiger charge is -2.39. The quantitative estimate of drug-likeness (QED) is 0.684. The molecule has 1 atom stereocenters. The lowest BCUT2D eigenvalue weighted by Crippen LogP contribution is -2.56. The number of aliphatic hydroxyl groups is 1. The Morgan fingerprint density at radius 2 is 1.81 bits per heavy atom. The van der Waals surface area contributed by atoms with E-state index in [9.17, 15) is 9.59 Å². The molecular formula is C13H23N3O5. The second-order valence-electron chi connectivity index (χ2n) is 5.38. The average Bonchev–Trinajstić information content (AvgIpc) is 2.52. The lowest BCUT2D eigenvalue weighted by atomic mass is 10.2. The molecule has 0 radical (unpaired) electrons. The first-order valence-corrected chi connectivity index (χ1v) is 7.30. The standard InChI is InChI=1S/C13H23N3O5/c17-10-11-9-16(7-8-21-11)13(20)15-5-3-14(4-6-15)2-1-12(18)19/h11,17H,1-10H2,(H,18,19). The number of carboxylic acids is 1. The minimum absolute atomic E-state index is 0.0189. The fraction of sp³-hybridized carbons (Fsp3) is 0.846. The number of carboxylic acid groups (broad SMARTS) is 1. The number of carbonyl (C=O) groups is 2. The Morgan fingerprint density at radius 3 is 2.43 bits per heavy atom. The fourth-order valence-electron chi connectivity index (χ4n) is 2.62. The Labute approximate surface area is 123 Å². The molecule has 2 amide bonds. The van der Waals surface area contributed by atoms with Gasteiger partial charge in [0.2, 0.25) is 0 Å². The van der Waals surface area contributed by atoms with Crippen molar-refractivity contribution in [2.45, 2.75) is 12.5 Å². The summed E-state index contributed by atoms with van der Waals surface area (Å²) < 4.78 is 5.34. The predicted molar refractivity (Wildman–Crippen MR) is 74.1 cm³/mol. The zero-order valence-corrected chi connectivity index (χ0v) is 12.1. The third-order valence-corrected chi connectivity index (χ3v) is 3.90. The maximum atomic E-state index is 12.4. The number of rotatable bonds is 4. The zero-order chi connectivity index (χ0) is 15.2. The van der Waals surface area contributed by atoms with Crippen molar-refractivity contribution in [3.05, 3.63) is 0 Å². The Morgan fingerprint density at radius 1 is 1.10 bits per heavy atom. The number of hydrogen-bond acceptors (Lipinski definition) is 5. The Balaban J connectivity index is 1.76. The molecule has 8 heteroatoms. The Hall–Kier alpha value is -1.38. The van der Waals surface area contributed by atoms with Crippen molar-refractivity contribution >= 4 is 12.0 Å². The highest BCUT2D eigenvalue weighted by Crippen LogP contribution is 2.10. The molecular weight excluding hydrogens is 278 g/mol. The van der Waals surface area contributed by atoms with Crippen molar-refractivity contribution in [1.82, 2.24) is 14.7 Å². The van der Waals surface area contributed by atoms with Crippen LogP contribution in [0.2, 0.25) is 0 Å². The van der Waals surface area contributed by atoms with Crippen LogP contribution in [0.4, 0.5) is 4.79 Å². The summed E-state index contributed by atoms with van der Waals surface area (Å²) in [5.74, 6) is -0.795. The van der Waals surface area contributed by atoms with Crippen LogP contribution in [0.3, 0.4) is 0 Å². The number of piperazine rings is 1. The molecule has 0 saturated carbocycles. The first kappa shape index (κ1) is 16.0. The monoisotopic (exact) mass is 301 g/mol. The molecule has 2 fully saturated rings. The van der Waals surface area contributed by atoms with Crippen LogP contribution >= 0.6 is 0 Å². The number of nitrogens with zero attached hydrogens (tertiary/aromatic N) is 3. The van der Waals surface area contributed by atoms with Gasteiger partial charge in [0, 0.05) is 39.3 Å². The van der Waals surface area contributed by atoms with Crippen LogP contribution in [0.5, 0.6) is 0 Å². The number of amides is 2. The van der Waals surface area contributed by atoms with E-state index in [1.54, 1.807) is 9.80 Å². The molecule has 0 aromatic carbocycles. The molecule has 21 heavy (non-hydrogen) atoms. The van der Waals surface area contributed by atoms with E-state index < -0.39 is 5.97 Å². The maximum Gasteiger partial charge on any atom is 0.320 e. The van der Waals surface area contributed by atoms with Gasteiger partial charge in [-0.2, -0.15) is 0 Å². The van der Waals surface area contributed by atoms with Gasteiger partial charge in [0.1, 0.15) is 0 Å². The van der Waals surface area contributed by atoms with E-state index in [2.05, 4.69) is 4.90 Å². The summed E-state index contributed by atoms with van der Waals surface area (Å²) >= 11 is 0. The summed E-state index contributed by atoms with van der Waals surface area (Å²) in [4.78, 5) is 28.5. The minimum atomic E-state index is -0.795. The second-order valence-corrected chi connectivity index (χ2v) is 5.38. The number of carbonyl (C=O) groups excluding carboxylic acids is 1. The van der Waals surface area contributed by atoms with Gasteiger partial charge < -0.3 is 24.7 Å². The summed E-state index contributed by atoms with van der Waals surface area (Å²) in [5.41, 5.74) is 0. The van der Waals surface area contributed by atoms with Crippen LogP contribution < -0.4 is 0 Å². The van der Waals surface area contributed by atoms with Crippen molar-refractivity contribution in [3.63, 3.8) is 0 Å². The molecule has 2 rings (SSSR count). The molecule has 2 aliphatic heterocycles. The molecule has 0 bridgehead atoms. The molecule has 1 unspecified atom stereocenters. The molecule has 0 spiro atoms. The largest absolute Gasteiger partial charge is 0.481 e. The number of urea groups is 1. The Kier molecular flexibility index (Phi) is 5.77. The van der Waals surface area contributed by atoms with E-state index in [4.69, 9.17) is 14.9 Å². The summed E-state index contributed by atoms with van der Waals surface area (Å²) in [6, 6.07) is -0.0189. The highest BCUT2D eigenvalue weighted by Gasteiger charge is 2.29. The third-order valence-electron chi connectivity index (χ3n) is 3.90. The van der Waals surface area contributed by atoms with Crippen molar-refractivity contribution in [2.24, 2.45) is 0 Å². The van der Waals surface area contributed by atoms with E-state index in [1.165, 1.54) is 0 Å². The predicted octanol–water partition coefficient (Wildman–Crippen LogP) is -1.11. The first-order chi connectivity index (χ1) is 10.1. The molecule has 2 N–H and O–H groups in total. The number of morpholine rings is 1. The fourth-order valence-corrected chi connectivity index (χ4v) is 2.62. The molecule has 0 aromatic heterocycles. The highest BCUT2D eigenvalue weighted by molar-refractivity contribution is 5.74. The van der Waals surface area contributed by atoms with Crippen LogP contribution in [-0.4, -0.2) is 102 Å². The summed E-state index contributed by atoms with van der Waals surface area (Å²) in [6.07, 6.45) is -0.158. The summed E-state index contributed by atoms with van der Waals surface area (Å²) in [7, 11) is 0. The minimum Gasteiger partial charge on any atom is -0.481 e. The molecule has 8 nitrogen and oxygen atoms in total. The van der Waals surface area contributed by atoms with E-state index in [0.29, 0.717) is 52.4 Å². The molecule has 2 aliphatic rings. The molecule has 0 aliphatic carbocycles. The molecule has 2 heterocycles. The molecule has 120 valence electrons. The van der Waals surface area contributed by atoms with Gasteiger partial charge in [0.15, 0.2) is 0 Å². The number of aliphatic hydroxyl groups excluding tert-OH is 1.